The van der Waals surface area contributed by atoms with Crippen LogP contribution in [0.1, 0.15) is 21.5 Å². The highest BCUT2D eigenvalue weighted by molar-refractivity contribution is 6.32. The predicted octanol–water partition coefficient (Wildman–Crippen LogP) is 4.19. The Bertz CT molecular complexity index is 413. The molecule has 0 spiro atoms. The van der Waals surface area contributed by atoms with Crippen LogP contribution in [0.5, 0.6) is 0 Å². The summed E-state index contributed by atoms with van der Waals surface area (Å²) in [5, 5.41) is -1.46. The maximum absolute atomic E-state index is 12.4. The number of aldehydes is 1. The van der Waals surface area contributed by atoms with Gasteiger partial charge in [0.2, 0.25) is 0 Å². The van der Waals surface area contributed by atoms with E-state index in [1.54, 1.807) is 0 Å². The molecule has 0 heterocycles. The molecule has 1 nitrogen and oxygen atoms in total. The molecule has 17 heavy (non-hydrogen) atoms. The van der Waals surface area contributed by atoms with Gasteiger partial charge in [-0.05, 0) is 12.1 Å². The minimum Gasteiger partial charge on any atom is -0.298 e. The summed E-state index contributed by atoms with van der Waals surface area (Å²) in [6.07, 6.45) is -10.2. The van der Waals surface area contributed by atoms with Crippen molar-refractivity contribution in [3.05, 3.63) is 33.8 Å². The molecular weight excluding hydrogens is 274 g/mol. The van der Waals surface area contributed by atoms with Gasteiger partial charge >= 0.3 is 12.4 Å². The maximum atomic E-state index is 12.4. The van der Waals surface area contributed by atoms with Crippen LogP contribution in [0.3, 0.4) is 0 Å². The van der Waals surface area contributed by atoms with Crippen LogP contribution >= 0.6 is 11.6 Å². The van der Waals surface area contributed by atoms with Crippen LogP contribution in [0, 0.1) is 0 Å². The molecule has 0 bridgehead atoms. The summed E-state index contributed by atoms with van der Waals surface area (Å²) >= 11 is 5.05. The molecule has 0 radical (unpaired) electrons. The quantitative estimate of drug-likeness (QED) is 0.555. The number of carbonyl (C=O) groups excluding carboxylic acids is 1. The van der Waals surface area contributed by atoms with E-state index in [2.05, 4.69) is 0 Å². The van der Waals surface area contributed by atoms with Crippen molar-refractivity contribution in [2.75, 3.05) is 0 Å². The van der Waals surface area contributed by atoms with E-state index in [9.17, 15) is 31.1 Å². The van der Waals surface area contributed by atoms with E-state index in [4.69, 9.17) is 11.6 Å². The lowest BCUT2D eigenvalue weighted by Gasteiger charge is -2.15. The Kier molecular flexibility index (Phi) is 3.42. The van der Waals surface area contributed by atoms with Crippen LogP contribution in [-0.2, 0) is 12.4 Å². The average Bonchev–Trinajstić information content (AvgIpc) is 2.14. The Morgan fingerprint density at radius 2 is 1.29 bits per heavy atom. The number of hydrogen-bond donors (Lipinski definition) is 0. The molecule has 0 saturated carbocycles. The molecule has 0 fully saturated rings. The van der Waals surface area contributed by atoms with Gasteiger partial charge in [-0.2, -0.15) is 26.3 Å². The number of alkyl halides is 6. The highest BCUT2D eigenvalue weighted by atomic mass is 35.5. The Labute approximate surface area is 96.0 Å². The van der Waals surface area contributed by atoms with Crippen molar-refractivity contribution in [2.24, 2.45) is 0 Å². The van der Waals surface area contributed by atoms with Crippen molar-refractivity contribution in [3.63, 3.8) is 0 Å². The summed E-state index contributed by atoms with van der Waals surface area (Å²) in [6, 6.07) is 0.537. The van der Waals surface area contributed by atoms with Crippen molar-refractivity contribution in [1.29, 1.82) is 0 Å². The van der Waals surface area contributed by atoms with Crippen molar-refractivity contribution < 1.29 is 31.1 Å². The Morgan fingerprint density at radius 1 is 0.941 bits per heavy atom. The zero-order valence-electron chi connectivity index (χ0n) is 7.79. The molecule has 0 atom stereocenters. The van der Waals surface area contributed by atoms with Crippen LogP contribution in [-0.4, -0.2) is 6.29 Å². The number of halogens is 7. The van der Waals surface area contributed by atoms with Crippen LogP contribution in [0.15, 0.2) is 12.1 Å². The monoisotopic (exact) mass is 276 g/mol. The fourth-order valence-electron chi connectivity index (χ4n) is 1.13. The summed E-state index contributed by atoms with van der Waals surface area (Å²) in [4.78, 5) is 10.3. The lowest BCUT2D eigenvalue weighted by Crippen LogP contribution is -2.13. The number of hydrogen-bond acceptors (Lipinski definition) is 1. The van der Waals surface area contributed by atoms with E-state index in [1.165, 1.54) is 0 Å². The summed E-state index contributed by atoms with van der Waals surface area (Å²) < 4.78 is 74.2. The van der Waals surface area contributed by atoms with Gasteiger partial charge in [0.05, 0.1) is 16.1 Å². The molecule has 0 unspecified atom stereocenters. The van der Waals surface area contributed by atoms with E-state index >= 15 is 0 Å². The Morgan fingerprint density at radius 3 is 1.53 bits per heavy atom. The van der Waals surface area contributed by atoms with Crippen LogP contribution in [0.2, 0.25) is 5.02 Å². The first kappa shape index (κ1) is 13.8. The van der Waals surface area contributed by atoms with Gasteiger partial charge in [0, 0.05) is 5.56 Å². The second-order valence-electron chi connectivity index (χ2n) is 3.04. The number of benzene rings is 1. The fraction of sp³-hybridized carbons (Fsp3) is 0.222. The summed E-state index contributed by atoms with van der Waals surface area (Å²) in [7, 11) is 0. The fourth-order valence-corrected chi connectivity index (χ4v) is 1.45. The molecule has 0 aliphatic carbocycles. The molecule has 1 aromatic carbocycles. The lowest BCUT2D eigenvalue weighted by atomic mass is 10.1. The van der Waals surface area contributed by atoms with Crippen molar-refractivity contribution >= 4 is 17.9 Å². The molecule has 1 aromatic rings. The minimum absolute atomic E-state index is 0.110. The van der Waals surface area contributed by atoms with E-state index in [0.29, 0.717) is 0 Å². The highest BCUT2D eigenvalue weighted by Gasteiger charge is 2.40. The zero-order chi connectivity index (χ0) is 13.4. The topological polar surface area (TPSA) is 17.1 Å². The zero-order valence-corrected chi connectivity index (χ0v) is 8.54. The van der Waals surface area contributed by atoms with Gasteiger partial charge in [0.1, 0.15) is 6.29 Å². The Hall–Kier alpha value is -1.24. The molecule has 0 aromatic heterocycles. The van der Waals surface area contributed by atoms with Gasteiger partial charge in [-0.3, -0.25) is 4.79 Å². The molecule has 0 saturated heterocycles. The highest BCUT2D eigenvalue weighted by Crippen LogP contribution is 2.42. The normalized spacial score (nSPS) is 12.6. The second-order valence-corrected chi connectivity index (χ2v) is 3.42. The third-order valence-electron chi connectivity index (χ3n) is 1.84. The molecule has 8 heteroatoms. The maximum Gasteiger partial charge on any atom is 0.417 e. The summed E-state index contributed by atoms with van der Waals surface area (Å²) in [5.41, 5.74) is -4.11. The first-order valence-corrected chi connectivity index (χ1v) is 4.38. The lowest BCUT2D eigenvalue weighted by molar-refractivity contribution is -0.142. The smallest absolute Gasteiger partial charge is 0.298 e. The number of rotatable bonds is 1. The predicted molar refractivity (Wildman–Crippen MR) is 46.8 cm³/mol. The van der Waals surface area contributed by atoms with E-state index < -0.39 is 34.1 Å². The van der Waals surface area contributed by atoms with Crippen molar-refractivity contribution in [1.82, 2.24) is 0 Å². The van der Waals surface area contributed by atoms with Crippen molar-refractivity contribution in [2.45, 2.75) is 12.4 Å². The molecule has 1 rings (SSSR count). The molecular formula is C9H3ClF6O. The first-order valence-electron chi connectivity index (χ1n) is 4.00. The van der Waals surface area contributed by atoms with Gasteiger partial charge in [-0.25, -0.2) is 0 Å². The van der Waals surface area contributed by atoms with Crippen LogP contribution < -0.4 is 0 Å². The first-order chi connectivity index (χ1) is 7.57. The Balaban J connectivity index is 3.59. The average molecular weight is 277 g/mol. The third-order valence-corrected chi connectivity index (χ3v) is 2.25. The van der Waals surface area contributed by atoms with E-state index in [1.807, 2.05) is 0 Å². The summed E-state index contributed by atoms with van der Waals surface area (Å²) in [6.45, 7) is 0. The second kappa shape index (κ2) is 4.21. The van der Waals surface area contributed by atoms with Gasteiger partial charge < -0.3 is 0 Å². The molecule has 0 N–H and O–H groups in total. The van der Waals surface area contributed by atoms with Crippen LogP contribution in [0.25, 0.3) is 0 Å². The molecule has 0 aliphatic heterocycles. The third kappa shape index (κ3) is 2.91. The van der Waals surface area contributed by atoms with Gasteiger partial charge in [-0.1, -0.05) is 11.6 Å². The molecule has 0 aliphatic rings. The van der Waals surface area contributed by atoms with Crippen LogP contribution in [0.4, 0.5) is 26.3 Å². The largest absolute Gasteiger partial charge is 0.417 e. The summed E-state index contributed by atoms with van der Waals surface area (Å²) in [5.74, 6) is 0. The standard InChI is InChI=1S/C9H3ClF6O/c10-7-5(8(11,12)13)1-4(3-17)2-6(7)9(14,15)16/h1-3H. The van der Waals surface area contributed by atoms with Crippen molar-refractivity contribution in [3.8, 4) is 0 Å². The molecule has 0 amide bonds. The van der Waals surface area contributed by atoms with E-state index in [-0.39, 0.29) is 18.4 Å². The van der Waals surface area contributed by atoms with Gasteiger partial charge in [0.25, 0.3) is 0 Å². The SMILES string of the molecule is O=Cc1cc(C(F)(F)F)c(Cl)c(C(F)(F)F)c1. The van der Waals surface area contributed by atoms with Gasteiger partial charge in [-0.15, -0.1) is 0 Å². The minimum atomic E-state index is -5.06. The van der Waals surface area contributed by atoms with E-state index in [0.717, 1.165) is 0 Å². The molecule has 94 valence electrons. The number of carbonyl (C=O) groups is 1. The van der Waals surface area contributed by atoms with Gasteiger partial charge in [0.15, 0.2) is 0 Å².